The number of benzene rings is 1. The van der Waals surface area contributed by atoms with Crippen LogP contribution in [0.15, 0.2) is 53.1 Å². The Morgan fingerprint density at radius 1 is 1.13 bits per heavy atom. The summed E-state index contributed by atoms with van der Waals surface area (Å²) in [5.74, 6) is 0.796. The number of rotatable bonds is 4. The molecule has 0 bridgehead atoms. The summed E-state index contributed by atoms with van der Waals surface area (Å²) in [5, 5.41) is 15.2. The van der Waals surface area contributed by atoms with E-state index in [0.717, 1.165) is 26.8 Å². The van der Waals surface area contributed by atoms with E-state index in [1.165, 1.54) is 0 Å². The summed E-state index contributed by atoms with van der Waals surface area (Å²) >= 11 is 3.29. The lowest BCUT2D eigenvalue weighted by Crippen LogP contribution is -2.05. The molecular weight excluding hydrogens is 328 g/mol. The fourth-order valence-corrected chi connectivity index (χ4v) is 4.19. The number of nitrogens with zero attached hydrogens (tertiary/aromatic N) is 6. The van der Waals surface area contributed by atoms with Crippen LogP contribution in [0.3, 0.4) is 0 Å². The molecule has 0 N–H and O–H groups in total. The molecule has 3 aromatic heterocycles. The smallest absolute Gasteiger partial charge is 0.169 e. The molecule has 1 atom stereocenters. The first-order valence-electron chi connectivity index (χ1n) is 7.01. The van der Waals surface area contributed by atoms with Gasteiger partial charge in [-0.3, -0.25) is 0 Å². The molecule has 4 rings (SSSR count). The van der Waals surface area contributed by atoms with Crippen molar-refractivity contribution in [1.82, 2.24) is 30.2 Å². The largest absolute Gasteiger partial charge is 0.235 e. The zero-order valence-electron chi connectivity index (χ0n) is 12.2. The van der Waals surface area contributed by atoms with Crippen molar-refractivity contribution in [3.8, 4) is 5.69 Å². The van der Waals surface area contributed by atoms with E-state index in [1.807, 2.05) is 41.8 Å². The van der Waals surface area contributed by atoms with Crippen molar-refractivity contribution in [1.29, 1.82) is 0 Å². The van der Waals surface area contributed by atoms with Gasteiger partial charge < -0.3 is 0 Å². The fourth-order valence-electron chi connectivity index (χ4n) is 2.27. The van der Waals surface area contributed by atoms with Crippen LogP contribution in [0, 0.1) is 0 Å². The summed E-state index contributed by atoms with van der Waals surface area (Å²) in [6.07, 6.45) is 1.60. The highest BCUT2D eigenvalue weighted by Gasteiger charge is 2.19. The maximum absolute atomic E-state index is 4.42. The molecule has 0 saturated carbocycles. The van der Waals surface area contributed by atoms with Crippen molar-refractivity contribution in [2.24, 2.45) is 0 Å². The standard InChI is InChI=1S/C15H12N6S2/c1-10(23-15-13-12(7-8-22-13)16-9-17-15)14-18-19-20-21(14)11-5-3-2-4-6-11/h2-10H,1H3/t10-/m1/s1. The molecule has 0 fully saturated rings. The summed E-state index contributed by atoms with van der Waals surface area (Å²) < 4.78 is 2.87. The molecule has 0 aliphatic rings. The molecule has 0 spiro atoms. The molecular formula is C15H12N6S2. The molecule has 3 heterocycles. The van der Waals surface area contributed by atoms with E-state index in [4.69, 9.17) is 0 Å². The first-order chi connectivity index (χ1) is 11.3. The minimum atomic E-state index is 0.0606. The number of hydrogen-bond donors (Lipinski definition) is 0. The van der Waals surface area contributed by atoms with Crippen LogP contribution < -0.4 is 0 Å². The number of para-hydroxylation sites is 1. The Morgan fingerprint density at radius 2 is 2.00 bits per heavy atom. The molecule has 6 nitrogen and oxygen atoms in total. The zero-order chi connectivity index (χ0) is 15.6. The third-order valence-corrected chi connectivity index (χ3v) is 5.49. The molecule has 114 valence electrons. The van der Waals surface area contributed by atoms with Crippen LogP contribution in [0.2, 0.25) is 0 Å². The van der Waals surface area contributed by atoms with Crippen molar-refractivity contribution < 1.29 is 0 Å². The van der Waals surface area contributed by atoms with E-state index in [1.54, 1.807) is 34.1 Å². The maximum Gasteiger partial charge on any atom is 0.169 e. The lowest BCUT2D eigenvalue weighted by molar-refractivity contribution is 0.762. The highest BCUT2D eigenvalue weighted by molar-refractivity contribution is 7.99. The Hall–Kier alpha value is -2.32. The molecule has 0 amide bonds. The predicted octanol–water partition coefficient (Wildman–Crippen LogP) is 3.52. The minimum Gasteiger partial charge on any atom is -0.235 e. The van der Waals surface area contributed by atoms with E-state index in [9.17, 15) is 0 Å². The van der Waals surface area contributed by atoms with E-state index < -0.39 is 0 Å². The normalized spacial score (nSPS) is 12.6. The second-order valence-corrected chi connectivity index (χ2v) is 7.10. The van der Waals surface area contributed by atoms with E-state index in [0.29, 0.717) is 0 Å². The number of hydrogen-bond acceptors (Lipinski definition) is 7. The number of tetrazole rings is 1. The number of thioether (sulfide) groups is 1. The average molecular weight is 340 g/mol. The number of thiophene rings is 1. The Balaban J connectivity index is 1.67. The van der Waals surface area contributed by atoms with Gasteiger partial charge in [0.25, 0.3) is 0 Å². The lowest BCUT2D eigenvalue weighted by atomic mass is 10.3. The molecule has 4 aromatic rings. The highest BCUT2D eigenvalue weighted by Crippen LogP contribution is 2.37. The van der Waals surface area contributed by atoms with Gasteiger partial charge in [-0.1, -0.05) is 30.0 Å². The molecule has 0 saturated heterocycles. The fraction of sp³-hybridized carbons (Fsp3) is 0.133. The first-order valence-corrected chi connectivity index (χ1v) is 8.77. The van der Waals surface area contributed by atoms with Gasteiger partial charge in [0, 0.05) is 0 Å². The van der Waals surface area contributed by atoms with Crippen molar-refractivity contribution in [3.63, 3.8) is 0 Å². The minimum absolute atomic E-state index is 0.0606. The quantitative estimate of drug-likeness (QED) is 0.418. The van der Waals surface area contributed by atoms with Crippen LogP contribution in [0.1, 0.15) is 18.0 Å². The van der Waals surface area contributed by atoms with Gasteiger partial charge in [-0.15, -0.1) is 16.4 Å². The second-order valence-electron chi connectivity index (χ2n) is 4.86. The van der Waals surface area contributed by atoms with Gasteiger partial charge in [-0.05, 0) is 40.9 Å². The van der Waals surface area contributed by atoms with Crippen LogP contribution >= 0.6 is 23.1 Å². The molecule has 0 aliphatic carbocycles. The molecule has 0 aliphatic heterocycles. The predicted molar refractivity (Wildman–Crippen MR) is 90.8 cm³/mol. The summed E-state index contributed by atoms with van der Waals surface area (Å²) in [7, 11) is 0. The van der Waals surface area contributed by atoms with Crippen molar-refractivity contribution in [2.45, 2.75) is 17.2 Å². The van der Waals surface area contributed by atoms with Crippen LogP contribution in [0.4, 0.5) is 0 Å². The topological polar surface area (TPSA) is 69.4 Å². The Morgan fingerprint density at radius 3 is 2.87 bits per heavy atom. The average Bonchev–Trinajstić information content (AvgIpc) is 3.25. The second kappa shape index (κ2) is 6.05. The first kappa shape index (κ1) is 14.3. The Labute approximate surface area is 140 Å². The molecule has 0 unspecified atom stereocenters. The zero-order valence-corrected chi connectivity index (χ0v) is 13.8. The summed E-state index contributed by atoms with van der Waals surface area (Å²) in [5.41, 5.74) is 1.92. The summed E-state index contributed by atoms with van der Waals surface area (Å²) in [4.78, 5) is 8.69. The van der Waals surface area contributed by atoms with Crippen molar-refractivity contribution in [3.05, 3.63) is 53.9 Å². The molecule has 0 radical (unpaired) electrons. The SMILES string of the molecule is C[C@@H](Sc1ncnc2ccsc12)c1nnnn1-c1ccccc1. The summed E-state index contributed by atoms with van der Waals surface area (Å²) in [6, 6.07) is 11.9. The van der Waals surface area contributed by atoms with Crippen LogP contribution in [-0.4, -0.2) is 30.2 Å². The number of fused-ring (bicyclic) bond motifs is 1. The van der Waals surface area contributed by atoms with Gasteiger partial charge in [0.1, 0.15) is 11.4 Å². The van der Waals surface area contributed by atoms with Crippen molar-refractivity contribution in [2.75, 3.05) is 0 Å². The van der Waals surface area contributed by atoms with Crippen LogP contribution in [0.5, 0.6) is 0 Å². The third-order valence-electron chi connectivity index (χ3n) is 3.36. The van der Waals surface area contributed by atoms with E-state index in [2.05, 4.69) is 32.4 Å². The third kappa shape index (κ3) is 2.71. The molecule has 23 heavy (non-hydrogen) atoms. The lowest BCUT2D eigenvalue weighted by Gasteiger charge is -2.11. The van der Waals surface area contributed by atoms with E-state index >= 15 is 0 Å². The van der Waals surface area contributed by atoms with Crippen LogP contribution in [-0.2, 0) is 0 Å². The van der Waals surface area contributed by atoms with Gasteiger partial charge in [-0.2, -0.15) is 4.68 Å². The van der Waals surface area contributed by atoms with Gasteiger partial charge in [0.2, 0.25) is 0 Å². The molecule has 8 heteroatoms. The van der Waals surface area contributed by atoms with E-state index in [-0.39, 0.29) is 5.25 Å². The number of aromatic nitrogens is 6. The maximum atomic E-state index is 4.42. The highest BCUT2D eigenvalue weighted by atomic mass is 32.2. The van der Waals surface area contributed by atoms with Crippen LogP contribution in [0.25, 0.3) is 15.9 Å². The van der Waals surface area contributed by atoms with Crippen molar-refractivity contribution >= 4 is 33.3 Å². The van der Waals surface area contributed by atoms with Gasteiger partial charge in [0.15, 0.2) is 5.82 Å². The Kier molecular flexibility index (Phi) is 3.76. The summed E-state index contributed by atoms with van der Waals surface area (Å²) in [6.45, 7) is 2.08. The van der Waals surface area contributed by atoms with Gasteiger partial charge in [-0.25, -0.2) is 9.97 Å². The Bertz CT molecular complexity index is 933. The monoisotopic (exact) mass is 340 g/mol. The van der Waals surface area contributed by atoms with Gasteiger partial charge >= 0.3 is 0 Å². The molecule has 1 aromatic carbocycles. The van der Waals surface area contributed by atoms with Gasteiger partial charge in [0.05, 0.1) is 21.2 Å².